The lowest BCUT2D eigenvalue weighted by Gasteiger charge is -2.19. The Morgan fingerprint density at radius 2 is 2.15 bits per heavy atom. The molecule has 1 aliphatic heterocycles. The van der Waals surface area contributed by atoms with Crippen molar-refractivity contribution in [2.45, 2.75) is 13.3 Å². The van der Waals surface area contributed by atoms with E-state index in [-0.39, 0.29) is 0 Å². The van der Waals surface area contributed by atoms with Crippen LogP contribution in [0.15, 0.2) is 24.3 Å². The lowest BCUT2D eigenvalue weighted by Crippen LogP contribution is -2.13. The number of ether oxygens (including phenoxy) is 1. The van der Waals surface area contributed by atoms with E-state index in [1.165, 1.54) is 5.56 Å². The number of hydrogen-bond donors (Lipinski definition) is 0. The molecule has 1 aliphatic rings. The molecule has 0 aliphatic carbocycles. The second-order valence-electron chi connectivity index (χ2n) is 4.72. The first-order chi connectivity index (χ1) is 9.67. The van der Waals surface area contributed by atoms with Gasteiger partial charge in [-0.1, -0.05) is 0 Å². The highest BCUT2D eigenvalue weighted by molar-refractivity contribution is 5.63. The van der Waals surface area contributed by atoms with Crippen molar-refractivity contribution in [1.82, 2.24) is 9.97 Å². The summed E-state index contributed by atoms with van der Waals surface area (Å²) in [6, 6.07) is 9.83. The summed E-state index contributed by atoms with van der Waals surface area (Å²) in [5, 5.41) is 8.99. The summed E-state index contributed by atoms with van der Waals surface area (Å²) in [5.74, 6) is 2.27. The summed E-state index contributed by atoms with van der Waals surface area (Å²) >= 11 is 0. The van der Waals surface area contributed by atoms with E-state index >= 15 is 0 Å². The number of hydrogen-bond acceptors (Lipinski definition) is 5. The van der Waals surface area contributed by atoms with E-state index in [1.54, 1.807) is 13.0 Å². The number of rotatable bonds is 2. The molecule has 0 saturated carbocycles. The minimum atomic E-state index is 0.379. The van der Waals surface area contributed by atoms with Crippen LogP contribution in [0.5, 0.6) is 5.75 Å². The van der Waals surface area contributed by atoms with Gasteiger partial charge in [-0.25, -0.2) is 9.97 Å². The van der Waals surface area contributed by atoms with Crippen LogP contribution in [0.1, 0.15) is 17.1 Å². The summed E-state index contributed by atoms with van der Waals surface area (Å²) < 4.78 is 5.51. The second kappa shape index (κ2) is 4.82. The third-order valence-electron chi connectivity index (χ3n) is 3.34. The third kappa shape index (κ3) is 2.16. The van der Waals surface area contributed by atoms with Gasteiger partial charge in [-0.05, 0) is 30.7 Å². The van der Waals surface area contributed by atoms with E-state index in [0.717, 1.165) is 24.5 Å². The van der Waals surface area contributed by atoms with Crippen molar-refractivity contribution in [3.05, 3.63) is 41.3 Å². The quantitative estimate of drug-likeness (QED) is 0.835. The van der Waals surface area contributed by atoms with Gasteiger partial charge in [-0.15, -0.1) is 0 Å². The molecule has 0 spiro atoms. The fraction of sp³-hybridized carbons (Fsp3) is 0.267. The highest BCUT2D eigenvalue weighted by atomic mass is 16.5. The first-order valence-electron chi connectivity index (χ1n) is 6.42. The highest BCUT2D eigenvalue weighted by Crippen LogP contribution is 2.31. The highest BCUT2D eigenvalue weighted by Gasteiger charge is 2.15. The molecule has 0 amide bonds. The topological polar surface area (TPSA) is 62.0 Å². The molecule has 2 aromatic rings. The molecular formula is C15H14N4O. The van der Waals surface area contributed by atoms with Gasteiger partial charge in [0.15, 0.2) is 0 Å². The third-order valence-corrected chi connectivity index (χ3v) is 3.34. The molecule has 0 fully saturated rings. The van der Waals surface area contributed by atoms with Crippen molar-refractivity contribution in [2.75, 3.05) is 18.6 Å². The van der Waals surface area contributed by atoms with Crippen LogP contribution in [0.3, 0.4) is 0 Å². The monoisotopic (exact) mass is 266 g/mol. The van der Waals surface area contributed by atoms with Crippen molar-refractivity contribution in [3.8, 4) is 11.8 Å². The van der Waals surface area contributed by atoms with Gasteiger partial charge in [0, 0.05) is 25.2 Å². The predicted molar refractivity (Wildman–Crippen MR) is 75.2 cm³/mol. The maximum atomic E-state index is 8.99. The lowest BCUT2D eigenvalue weighted by molar-refractivity contribution is 0.357. The standard InChI is InChI=1S/C15H14N4O/c1-10-17-12(9-16)8-15(18-10)19(2)13-3-4-14-11(7-13)5-6-20-14/h3-4,7-8H,5-6H2,1-2H3. The molecule has 5 heteroatoms. The molecule has 0 saturated heterocycles. The van der Waals surface area contributed by atoms with Crippen LogP contribution in [0, 0.1) is 18.3 Å². The van der Waals surface area contributed by atoms with Crippen LogP contribution in [0.25, 0.3) is 0 Å². The van der Waals surface area contributed by atoms with Crippen LogP contribution in [0.4, 0.5) is 11.5 Å². The largest absolute Gasteiger partial charge is 0.493 e. The molecule has 5 nitrogen and oxygen atoms in total. The molecule has 1 aromatic heterocycles. The fourth-order valence-electron chi connectivity index (χ4n) is 2.29. The van der Waals surface area contributed by atoms with Crippen molar-refractivity contribution in [2.24, 2.45) is 0 Å². The zero-order valence-corrected chi connectivity index (χ0v) is 11.4. The SMILES string of the molecule is Cc1nc(C#N)cc(N(C)c2ccc3c(c2)CCO3)n1. The average Bonchev–Trinajstić information content (AvgIpc) is 2.93. The molecule has 3 rings (SSSR count). The molecule has 100 valence electrons. The Morgan fingerprint density at radius 3 is 2.95 bits per heavy atom. The van der Waals surface area contributed by atoms with E-state index in [0.29, 0.717) is 17.3 Å². The zero-order chi connectivity index (χ0) is 14.1. The Labute approximate surface area is 117 Å². The van der Waals surface area contributed by atoms with Gasteiger partial charge in [-0.3, -0.25) is 0 Å². The number of benzene rings is 1. The first kappa shape index (κ1) is 12.4. The van der Waals surface area contributed by atoms with Crippen molar-refractivity contribution in [1.29, 1.82) is 5.26 Å². The molecule has 1 aromatic carbocycles. The van der Waals surface area contributed by atoms with Gasteiger partial charge in [0.2, 0.25) is 0 Å². The van der Waals surface area contributed by atoms with Crippen molar-refractivity contribution >= 4 is 11.5 Å². The Morgan fingerprint density at radius 1 is 1.30 bits per heavy atom. The Bertz CT molecular complexity index is 706. The Hall–Kier alpha value is -2.61. The van der Waals surface area contributed by atoms with Crippen LogP contribution >= 0.6 is 0 Å². The van der Waals surface area contributed by atoms with Crippen molar-refractivity contribution in [3.63, 3.8) is 0 Å². The molecule has 20 heavy (non-hydrogen) atoms. The van der Waals surface area contributed by atoms with E-state index in [4.69, 9.17) is 10.00 Å². The van der Waals surface area contributed by atoms with Gasteiger partial charge >= 0.3 is 0 Å². The number of fused-ring (bicyclic) bond motifs is 1. The molecule has 0 atom stereocenters. The molecule has 0 N–H and O–H groups in total. The van der Waals surface area contributed by atoms with E-state index in [9.17, 15) is 0 Å². The number of aryl methyl sites for hydroxylation is 1. The number of nitriles is 1. The van der Waals surface area contributed by atoms with E-state index in [1.807, 2.05) is 24.1 Å². The van der Waals surface area contributed by atoms with Gasteiger partial charge in [0.25, 0.3) is 0 Å². The van der Waals surface area contributed by atoms with E-state index in [2.05, 4.69) is 22.1 Å². The smallest absolute Gasteiger partial charge is 0.146 e. The molecule has 2 heterocycles. The maximum absolute atomic E-state index is 8.99. The van der Waals surface area contributed by atoms with Gasteiger partial charge in [-0.2, -0.15) is 5.26 Å². The van der Waals surface area contributed by atoms with Crippen LogP contribution in [-0.4, -0.2) is 23.6 Å². The fourth-order valence-corrected chi connectivity index (χ4v) is 2.29. The van der Waals surface area contributed by atoms with Crippen LogP contribution in [0.2, 0.25) is 0 Å². The number of nitrogens with zero attached hydrogens (tertiary/aromatic N) is 4. The molecular weight excluding hydrogens is 252 g/mol. The minimum Gasteiger partial charge on any atom is -0.493 e. The summed E-state index contributed by atoms with van der Waals surface area (Å²) in [5.41, 5.74) is 2.61. The normalized spacial score (nSPS) is 12.4. The van der Waals surface area contributed by atoms with Crippen LogP contribution < -0.4 is 9.64 Å². The summed E-state index contributed by atoms with van der Waals surface area (Å²) in [6.45, 7) is 2.53. The van der Waals surface area contributed by atoms with E-state index < -0.39 is 0 Å². The van der Waals surface area contributed by atoms with Crippen molar-refractivity contribution < 1.29 is 4.74 Å². The summed E-state index contributed by atoms with van der Waals surface area (Å²) in [4.78, 5) is 10.4. The number of anilines is 2. The van der Waals surface area contributed by atoms with Gasteiger partial charge in [0.05, 0.1) is 6.61 Å². The van der Waals surface area contributed by atoms with Gasteiger partial charge < -0.3 is 9.64 Å². The lowest BCUT2D eigenvalue weighted by atomic mass is 10.1. The molecule has 0 unspecified atom stereocenters. The minimum absolute atomic E-state index is 0.379. The molecule has 0 radical (unpaired) electrons. The number of aromatic nitrogens is 2. The second-order valence-corrected chi connectivity index (χ2v) is 4.72. The first-order valence-corrected chi connectivity index (χ1v) is 6.42. The average molecular weight is 266 g/mol. The summed E-state index contributed by atoms with van der Waals surface area (Å²) in [6.07, 6.45) is 0.934. The molecule has 0 bridgehead atoms. The predicted octanol–water partition coefficient (Wildman–Crippen LogP) is 2.36. The van der Waals surface area contributed by atoms with Crippen LogP contribution in [-0.2, 0) is 6.42 Å². The Balaban J connectivity index is 1.98. The zero-order valence-electron chi connectivity index (χ0n) is 11.4. The summed E-state index contributed by atoms with van der Waals surface area (Å²) in [7, 11) is 1.93. The van der Waals surface area contributed by atoms with Gasteiger partial charge in [0.1, 0.15) is 29.2 Å². The maximum Gasteiger partial charge on any atom is 0.146 e. The Kier molecular flexibility index (Phi) is 2.99.